The molecule has 9 heteroatoms. The molecular weight excluding hydrogens is 483 g/mol. The Balaban J connectivity index is 1.67. The number of hydrogen-bond acceptors (Lipinski definition) is 6. The zero-order chi connectivity index (χ0) is 25.6. The number of fused-ring (bicyclic) bond motifs is 4. The minimum absolute atomic E-state index is 0.244. The Labute approximate surface area is 213 Å². The minimum atomic E-state index is -0.889. The molecular formula is C27H25FN2O5S. The Morgan fingerprint density at radius 2 is 1.67 bits per heavy atom. The molecule has 2 aliphatic heterocycles. The van der Waals surface area contributed by atoms with E-state index >= 15 is 0 Å². The molecule has 0 aliphatic carbocycles. The van der Waals surface area contributed by atoms with Crippen LogP contribution < -0.4 is 23.8 Å². The smallest absolute Gasteiger partial charge is 0.260 e. The predicted molar refractivity (Wildman–Crippen MR) is 137 cm³/mol. The summed E-state index contributed by atoms with van der Waals surface area (Å²) in [7, 11) is 4.49. The summed E-state index contributed by atoms with van der Waals surface area (Å²) in [6.45, 7) is 1.92. The lowest BCUT2D eigenvalue weighted by Crippen LogP contribution is -2.67. The highest BCUT2D eigenvalue weighted by Crippen LogP contribution is 2.50. The molecule has 1 fully saturated rings. The van der Waals surface area contributed by atoms with Gasteiger partial charge >= 0.3 is 0 Å². The Kier molecular flexibility index (Phi) is 5.96. The molecule has 36 heavy (non-hydrogen) atoms. The highest BCUT2D eigenvalue weighted by Gasteiger charge is 2.53. The Hall–Kier alpha value is -3.85. The van der Waals surface area contributed by atoms with Crippen molar-refractivity contribution in [2.24, 2.45) is 0 Å². The summed E-state index contributed by atoms with van der Waals surface area (Å²) in [4.78, 5) is 17.5. The summed E-state index contributed by atoms with van der Waals surface area (Å²) in [5.41, 5.74) is 0.903. The molecule has 0 aromatic heterocycles. The summed E-state index contributed by atoms with van der Waals surface area (Å²) < 4.78 is 36.5. The summed E-state index contributed by atoms with van der Waals surface area (Å²) in [6.07, 6.45) is 0.442. The van der Waals surface area contributed by atoms with E-state index in [1.165, 1.54) is 33.5 Å². The zero-order valence-corrected chi connectivity index (χ0v) is 21.1. The van der Waals surface area contributed by atoms with Crippen molar-refractivity contribution in [3.05, 3.63) is 77.6 Å². The molecule has 2 heterocycles. The predicted octanol–water partition coefficient (Wildman–Crippen LogP) is 5.34. The lowest BCUT2D eigenvalue weighted by molar-refractivity contribution is 0.0183. The van der Waals surface area contributed by atoms with Crippen LogP contribution in [0.4, 0.5) is 10.1 Å². The molecule has 2 unspecified atom stereocenters. The molecule has 3 aromatic carbocycles. The van der Waals surface area contributed by atoms with E-state index < -0.39 is 5.72 Å². The number of rotatable bonds is 5. The second-order valence-corrected chi connectivity index (χ2v) is 9.08. The van der Waals surface area contributed by atoms with Gasteiger partial charge in [-0.1, -0.05) is 18.2 Å². The second kappa shape index (κ2) is 8.98. The molecule has 2 atom stereocenters. The quantitative estimate of drug-likeness (QED) is 0.431. The van der Waals surface area contributed by atoms with Crippen molar-refractivity contribution in [1.29, 1.82) is 0 Å². The average Bonchev–Trinajstić information content (AvgIpc) is 2.88. The van der Waals surface area contributed by atoms with E-state index in [2.05, 4.69) is 0 Å². The first-order chi connectivity index (χ1) is 17.3. The minimum Gasteiger partial charge on any atom is -0.493 e. The summed E-state index contributed by atoms with van der Waals surface area (Å²) in [5.74, 6) is 1.05. The second-order valence-electron chi connectivity index (χ2n) is 8.72. The number of carbonyl (C=O) groups is 1. The topological polar surface area (TPSA) is 60.5 Å². The van der Waals surface area contributed by atoms with Crippen molar-refractivity contribution in [2.75, 3.05) is 26.2 Å². The van der Waals surface area contributed by atoms with Gasteiger partial charge in [0.05, 0.1) is 27.4 Å². The molecule has 7 nitrogen and oxygen atoms in total. The summed E-state index contributed by atoms with van der Waals surface area (Å²) >= 11 is 5.94. The van der Waals surface area contributed by atoms with Crippen LogP contribution in [-0.2, 0) is 0 Å². The fraction of sp³-hybridized carbons (Fsp3) is 0.259. The number of hydrogen-bond donors (Lipinski definition) is 0. The lowest BCUT2D eigenvalue weighted by Gasteiger charge is -2.55. The van der Waals surface area contributed by atoms with E-state index in [9.17, 15) is 9.18 Å². The maximum atomic E-state index is 14.2. The van der Waals surface area contributed by atoms with Gasteiger partial charge in [0, 0.05) is 23.2 Å². The van der Waals surface area contributed by atoms with Gasteiger partial charge in [0.15, 0.2) is 22.3 Å². The first-order valence-electron chi connectivity index (χ1n) is 11.3. The molecule has 2 bridgehead atoms. The Morgan fingerprint density at radius 1 is 1.03 bits per heavy atom. The van der Waals surface area contributed by atoms with Gasteiger partial charge in [-0.25, -0.2) is 4.39 Å². The number of halogens is 1. The van der Waals surface area contributed by atoms with Gasteiger partial charge in [0.2, 0.25) is 5.75 Å². The largest absolute Gasteiger partial charge is 0.493 e. The number of carbonyl (C=O) groups excluding carboxylic acids is 1. The Morgan fingerprint density at radius 3 is 2.28 bits per heavy atom. The van der Waals surface area contributed by atoms with Crippen LogP contribution in [0.25, 0.3) is 0 Å². The number of methoxy groups -OCH3 is 3. The molecule has 0 spiro atoms. The number of para-hydroxylation sites is 1. The van der Waals surface area contributed by atoms with E-state index in [-0.39, 0.29) is 22.9 Å². The van der Waals surface area contributed by atoms with Crippen molar-refractivity contribution >= 4 is 28.9 Å². The average molecular weight is 509 g/mol. The standard InChI is InChI=1S/C27H25FN2O5S/c1-27-15-20(19-7-5-6-8-21(19)35-27)29(26(36)30(27)18-11-9-17(28)10-12-18)25(31)16-13-22(32-2)24(34-4)23(14-16)33-3/h5-14,20H,15H2,1-4H3. The van der Waals surface area contributed by atoms with Crippen LogP contribution in [0.15, 0.2) is 60.7 Å². The van der Waals surface area contributed by atoms with Crippen molar-refractivity contribution in [3.8, 4) is 23.0 Å². The van der Waals surface area contributed by atoms with Crippen LogP contribution in [-0.4, -0.2) is 43.0 Å². The molecule has 186 valence electrons. The van der Waals surface area contributed by atoms with E-state index in [1.54, 1.807) is 34.1 Å². The maximum Gasteiger partial charge on any atom is 0.260 e. The van der Waals surface area contributed by atoms with E-state index in [0.29, 0.717) is 40.7 Å². The van der Waals surface area contributed by atoms with Gasteiger partial charge < -0.3 is 18.9 Å². The molecule has 2 aliphatic rings. The first kappa shape index (κ1) is 23.9. The van der Waals surface area contributed by atoms with E-state index in [0.717, 1.165) is 5.56 Å². The van der Waals surface area contributed by atoms with Gasteiger partial charge in [0.25, 0.3) is 5.91 Å². The number of ether oxygens (including phenoxy) is 4. The number of amides is 1. The monoisotopic (exact) mass is 508 g/mol. The number of nitrogens with zero attached hydrogens (tertiary/aromatic N) is 2. The third-order valence-electron chi connectivity index (χ3n) is 6.58. The molecule has 0 saturated carbocycles. The molecule has 0 N–H and O–H groups in total. The molecule has 5 rings (SSSR count). The number of thiocarbonyl (C=S) groups is 1. The van der Waals surface area contributed by atoms with Gasteiger partial charge in [-0.3, -0.25) is 14.6 Å². The first-order valence-corrected chi connectivity index (χ1v) is 11.7. The van der Waals surface area contributed by atoms with Crippen LogP contribution in [0.2, 0.25) is 0 Å². The van der Waals surface area contributed by atoms with Crippen molar-refractivity contribution < 1.29 is 28.1 Å². The fourth-order valence-corrected chi connectivity index (χ4v) is 5.46. The van der Waals surface area contributed by atoms with Crippen LogP contribution in [0.3, 0.4) is 0 Å². The molecule has 0 radical (unpaired) electrons. The summed E-state index contributed by atoms with van der Waals surface area (Å²) in [5, 5.41) is 0.244. The van der Waals surface area contributed by atoms with Crippen molar-refractivity contribution in [2.45, 2.75) is 25.1 Å². The van der Waals surface area contributed by atoms with Crippen molar-refractivity contribution in [3.63, 3.8) is 0 Å². The third kappa shape index (κ3) is 3.71. The number of benzene rings is 3. The van der Waals surface area contributed by atoms with Crippen LogP contribution in [0, 0.1) is 5.82 Å². The summed E-state index contributed by atoms with van der Waals surface area (Å²) in [6, 6.07) is 16.4. The van der Waals surface area contributed by atoms with Gasteiger partial charge in [-0.15, -0.1) is 0 Å². The van der Waals surface area contributed by atoms with Gasteiger partial charge in [-0.05, 0) is 61.6 Å². The number of anilines is 1. The van der Waals surface area contributed by atoms with E-state index in [4.69, 9.17) is 31.2 Å². The SMILES string of the molecule is COc1cc(C(=O)N2C(=S)N(c3ccc(F)cc3)C3(C)CC2c2ccccc2O3)cc(OC)c1OC. The molecule has 3 aromatic rings. The van der Waals surface area contributed by atoms with Crippen LogP contribution in [0.5, 0.6) is 23.0 Å². The highest BCUT2D eigenvalue weighted by atomic mass is 32.1. The van der Waals surface area contributed by atoms with E-state index in [1.807, 2.05) is 31.2 Å². The van der Waals surface area contributed by atoms with Gasteiger partial charge in [-0.2, -0.15) is 0 Å². The maximum absolute atomic E-state index is 14.2. The molecule has 1 saturated heterocycles. The lowest BCUT2D eigenvalue weighted by atomic mass is 9.88. The van der Waals surface area contributed by atoms with Crippen LogP contribution >= 0.6 is 12.2 Å². The zero-order valence-electron chi connectivity index (χ0n) is 20.3. The highest BCUT2D eigenvalue weighted by molar-refractivity contribution is 7.80. The van der Waals surface area contributed by atoms with Crippen molar-refractivity contribution in [1.82, 2.24) is 4.90 Å². The third-order valence-corrected chi connectivity index (χ3v) is 6.96. The molecule has 1 amide bonds. The van der Waals surface area contributed by atoms with Gasteiger partial charge in [0.1, 0.15) is 11.6 Å². The van der Waals surface area contributed by atoms with Crippen LogP contribution in [0.1, 0.15) is 35.3 Å². The normalized spacial score (nSPS) is 20.4. The fourth-order valence-electron chi connectivity index (χ4n) is 4.95. The Bertz CT molecular complexity index is 1320.